The summed E-state index contributed by atoms with van der Waals surface area (Å²) in [5.41, 5.74) is 6.63. The molecule has 2 N–H and O–H groups in total. The largest absolute Gasteiger partial charge is 0.330 e. The van der Waals surface area contributed by atoms with Crippen molar-refractivity contribution >= 4 is 0 Å². The smallest absolute Gasteiger partial charge is 0.126 e. The number of nitrogens with zero attached hydrogens (tertiary/aromatic N) is 1. The van der Waals surface area contributed by atoms with E-state index in [9.17, 15) is 8.78 Å². The molecule has 1 aliphatic rings. The number of nitrogens with two attached hydrogens (primary N) is 1. The normalized spacial score (nSPS) is 24.3. The predicted octanol–water partition coefficient (Wildman–Crippen LogP) is 3.87. The second-order valence-electron chi connectivity index (χ2n) is 6.06. The van der Waals surface area contributed by atoms with Gasteiger partial charge in [0.2, 0.25) is 0 Å². The minimum atomic E-state index is -0.507. The van der Waals surface area contributed by atoms with E-state index in [0.717, 1.165) is 25.5 Å². The zero-order valence-corrected chi connectivity index (χ0v) is 13.0. The summed E-state index contributed by atoms with van der Waals surface area (Å²) in [6.45, 7) is 5.68. The SMILES string of the molecule is CCN(C(C)c1cc(F)cc(F)c1)C1CCCCC1CN. The van der Waals surface area contributed by atoms with E-state index in [2.05, 4.69) is 11.8 Å². The summed E-state index contributed by atoms with van der Waals surface area (Å²) in [5, 5.41) is 0. The Morgan fingerprint density at radius 3 is 2.38 bits per heavy atom. The Morgan fingerprint density at radius 2 is 1.81 bits per heavy atom. The monoisotopic (exact) mass is 296 g/mol. The van der Waals surface area contributed by atoms with Gasteiger partial charge in [0.1, 0.15) is 11.6 Å². The van der Waals surface area contributed by atoms with Gasteiger partial charge in [-0.05, 0) is 56.5 Å². The van der Waals surface area contributed by atoms with Gasteiger partial charge < -0.3 is 5.73 Å². The molecule has 0 spiro atoms. The molecule has 0 bridgehead atoms. The first-order valence-electron chi connectivity index (χ1n) is 7.98. The zero-order chi connectivity index (χ0) is 15.4. The maximum Gasteiger partial charge on any atom is 0.126 e. The zero-order valence-electron chi connectivity index (χ0n) is 13.0. The summed E-state index contributed by atoms with van der Waals surface area (Å²) in [6, 6.07) is 4.22. The minimum Gasteiger partial charge on any atom is -0.330 e. The first-order chi connectivity index (χ1) is 10.1. The molecule has 3 unspecified atom stereocenters. The molecule has 0 heterocycles. The molecule has 1 saturated carbocycles. The van der Waals surface area contributed by atoms with Crippen molar-refractivity contribution in [3.63, 3.8) is 0 Å². The topological polar surface area (TPSA) is 29.3 Å². The molecule has 118 valence electrons. The number of rotatable bonds is 5. The lowest BCUT2D eigenvalue weighted by atomic mass is 9.82. The number of hydrogen-bond donors (Lipinski definition) is 1. The fraction of sp³-hybridized carbons (Fsp3) is 0.647. The van der Waals surface area contributed by atoms with Crippen molar-refractivity contribution < 1.29 is 8.78 Å². The van der Waals surface area contributed by atoms with Gasteiger partial charge in [0.15, 0.2) is 0 Å². The van der Waals surface area contributed by atoms with Crippen molar-refractivity contribution in [2.75, 3.05) is 13.1 Å². The summed E-state index contributed by atoms with van der Waals surface area (Å²) in [5.74, 6) is -0.529. The van der Waals surface area contributed by atoms with Gasteiger partial charge in [-0.1, -0.05) is 19.8 Å². The molecule has 4 heteroatoms. The first-order valence-corrected chi connectivity index (χ1v) is 7.98. The number of benzene rings is 1. The van der Waals surface area contributed by atoms with Crippen LogP contribution < -0.4 is 5.73 Å². The highest BCUT2D eigenvalue weighted by atomic mass is 19.1. The second-order valence-corrected chi connectivity index (χ2v) is 6.06. The number of hydrogen-bond acceptors (Lipinski definition) is 2. The van der Waals surface area contributed by atoms with Crippen molar-refractivity contribution in [3.05, 3.63) is 35.4 Å². The third-order valence-electron chi connectivity index (χ3n) is 4.83. The van der Waals surface area contributed by atoms with E-state index in [1.165, 1.54) is 25.0 Å². The standard InChI is InChI=1S/C17H26F2N2/c1-3-21(17-7-5-4-6-13(17)11-20)12(2)14-8-15(18)10-16(19)9-14/h8-10,12-13,17H,3-7,11,20H2,1-2H3. The van der Waals surface area contributed by atoms with Crippen LogP contribution in [0.4, 0.5) is 8.78 Å². The highest BCUT2D eigenvalue weighted by molar-refractivity contribution is 5.21. The average molecular weight is 296 g/mol. The molecule has 21 heavy (non-hydrogen) atoms. The lowest BCUT2D eigenvalue weighted by molar-refractivity contribution is 0.0767. The van der Waals surface area contributed by atoms with Crippen LogP contribution in [0.2, 0.25) is 0 Å². The van der Waals surface area contributed by atoms with Crippen molar-refractivity contribution in [2.24, 2.45) is 11.7 Å². The Labute approximate surface area is 126 Å². The predicted molar refractivity (Wildman–Crippen MR) is 82.0 cm³/mol. The summed E-state index contributed by atoms with van der Waals surface area (Å²) in [6.07, 6.45) is 4.72. The van der Waals surface area contributed by atoms with Crippen LogP contribution in [0.5, 0.6) is 0 Å². The molecule has 0 radical (unpaired) electrons. The molecule has 1 aromatic carbocycles. The maximum absolute atomic E-state index is 13.5. The fourth-order valence-corrected chi connectivity index (χ4v) is 3.70. The first kappa shape index (κ1) is 16.4. The van der Waals surface area contributed by atoms with Gasteiger partial charge in [-0.2, -0.15) is 0 Å². The van der Waals surface area contributed by atoms with Gasteiger partial charge in [0.25, 0.3) is 0 Å². The second kappa shape index (κ2) is 7.32. The van der Waals surface area contributed by atoms with Crippen molar-refractivity contribution in [2.45, 2.75) is 51.6 Å². The van der Waals surface area contributed by atoms with E-state index in [1.54, 1.807) is 0 Å². The molecule has 1 fully saturated rings. The van der Waals surface area contributed by atoms with Crippen molar-refractivity contribution in [1.29, 1.82) is 0 Å². The molecule has 0 aromatic heterocycles. The van der Waals surface area contributed by atoms with E-state index in [-0.39, 0.29) is 6.04 Å². The fourth-order valence-electron chi connectivity index (χ4n) is 3.70. The van der Waals surface area contributed by atoms with Crippen LogP contribution in [-0.2, 0) is 0 Å². The van der Waals surface area contributed by atoms with E-state index in [1.807, 2.05) is 6.92 Å². The molecule has 2 nitrogen and oxygen atoms in total. The molecule has 3 atom stereocenters. The van der Waals surface area contributed by atoms with E-state index >= 15 is 0 Å². The molecular weight excluding hydrogens is 270 g/mol. The van der Waals surface area contributed by atoms with Gasteiger partial charge >= 0.3 is 0 Å². The molecular formula is C17H26F2N2. The summed E-state index contributed by atoms with van der Waals surface area (Å²) in [7, 11) is 0. The molecule has 0 saturated heterocycles. The van der Waals surface area contributed by atoms with Crippen LogP contribution in [0.25, 0.3) is 0 Å². The Kier molecular flexibility index (Phi) is 5.71. The van der Waals surface area contributed by atoms with Crippen molar-refractivity contribution in [3.8, 4) is 0 Å². The molecule has 0 amide bonds. The van der Waals surface area contributed by atoms with Crippen molar-refractivity contribution in [1.82, 2.24) is 4.90 Å². The quantitative estimate of drug-likeness (QED) is 0.894. The highest BCUT2D eigenvalue weighted by Gasteiger charge is 2.31. The van der Waals surface area contributed by atoms with Gasteiger partial charge in [0, 0.05) is 18.2 Å². The Bertz CT molecular complexity index is 444. The lowest BCUT2D eigenvalue weighted by Gasteiger charge is -2.42. The lowest BCUT2D eigenvalue weighted by Crippen LogP contribution is -2.46. The molecule has 0 aliphatic heterocycles. The van der Waals surface area contributed by atoms with Gasteiger partial charge in [-0.15, -0.1) is 0 Å². The molecule has 1 aromatic rings. The van der Waals surface area contributed by atoms with Crippen LogP contribution in [0, 0.1) is 17.6 Å². The summed E-state index contributed by atoms with van der Waals surface area (Å²) < 4.78 is 26.9. The molecule has 2 rings (SSSR count). The minimum absolute atomic E-state index is 0.00245. The van der Waals surface area contributed by atoms with Gasteiger partial charge in [-0.25, -0.2) is 8.78 Å². The van der Waals surface area contributed by atoms with Crippen LogP contribution in [0.3, 0.4) is 0 Å². The average Bonchev–Trinajstić information content (AvgIpc) is 2.47. The maximum atomic E-state index is 13.5. The third-order valence-corrected chi connectivity index (χ3v) is 4.83. The molecule has 1 aliphatic carbocycles. The Hall–Kier alpha value is -1.00. The summed E-state index contributed by atoms with van der Waals surface area (Å²) in [4.78, 5) is 2.35. The van der Waals surface area contributed by atoms with Crippen LogP contribution in [0.15, 0.2) is 18.2 Å². The highest BCUT2D eigenvalue weighted by Crippen LogP contribution is 2.33. The van der Waals surface area contributed by atoms with Crippen LogP contribution >= 0.6 is 0 Å². The van der Waals surface area contributed by atoms with Gasteiger partial charge in [-0.3, -0.25) is 4.90 Å². The van der Waals surface area contributed by atoms with E-state index in [0.29, 0.717) is 24.1 Å². The van der Waals surface area contributed by atoms with Crippen LogP contribution in [-0.4, -0.2) is 24.0 Å². The van der Waals surface area contributed by atoms with Crippen LogP contribution in [0.1, 0.15) is 51.1 Å². The van der Waals surface area contributed by atoms with E-state index in [4.69, 9.17) is 5.73 Å². The van der Waals surface area contributed by atoms with E-state index < -0.39 is 11.6 Å². The Morgan fingerprint density at radius 1 is 1.19 bits per heavy atom. The summed E-state index contributed by atoms with van der Waals surface area (Å²) >= 11 is 0. The Balaban J connectivity index is 2.22. The third kappa shape index (κ3) is 3.80. The number of halogens is 2. The van der Waals surface area contributed by atoms with Gasteiger partial charge in [0.05, 0.1) is 0 Å².